The lowest BCUT2D eigenvalue weighted by atomic mass is 9.81. The Kier molecular flexibility index (Phi) is 11.1. The number of methoxy groups -OCH3 is 1. The maximum atomic E-state index is 12.4. The molecule has 0 heterocycles. The van der Waals surface area contributed by atoms with Gasteiger partial charge >= 0.3 is 5.97 Å². The number of hydrogen-bond acceptors (Lipinski definition) is 6. The fourth-order valence-corrected chi connectivity index (χ4v) is 5.35. The molecule has 6 nitrogen and oxygen atoms in total. The molecule has 3 aromatic carbocycles. The number of benzene rings is 3. The summed E-state index contributed by atoms with van der Waals surface area (Å²) in [7, 11) is 1.64. The number of rotatable bonds is 14. The molecule has 1 aliphatic rings. The standard InChI is InChI=1S/C32H41NO5/c1-24(30-12-6-8-26-7-3-4-11-31(26)30)33-29-10-5-9-28(23-29)25-13-15-27(16-14-25)32(34)38-22-21-37-20-19-36-18-17-35-2/h3-4,6-8,11-16,24,28-29,33H,5,9-10,17-23H2,1-2H3/t24-,28+,29+/m1/s1. The molecule has 38 heavy (non-hydrogen) atoms. The van der Waals surface area contributed by atoms with Crippen LogP contribution in [0.4, 0.5) is 0 Å². The van der Waals surface area contributed by atoms with Gasteiger partial charge < -0.3 is 24.3 Å². The first-order valence-corrected chi connectivity index (χ1v) is 13.8. The molecule has 0 spiro atoms. The SMILES string of the molecule is COCCOCCOCCOC(=O)c1ccc([C@H]2CCC[C@H](N[C@H](C)c3cccc4ccccc34)C2)cc1. The monoisotopic (exact) mass is 519 g/mol. The molecule has 0 bridgehead atoms. The zero-order chi connectivity index (χ0) is 26.6. The fourth-order valence-electron chi connectivity index (χ4n) is 5.35. The van der Waals surface area contributed by atoms with Crippen LogP contribution in [0, 0.1) is 0 Å². The molecule has 1 N–H and O–H groups in total. The Balaban J connectivity index is 1.22. The van der Waals surface area contributed by atoms with Crippen molar-refractivity contribution >= 4 is 16.7 Å². The summed E-state index contributed by atoms with van der Waals surface area (Å²) in [6.45, 7) is 4.93. The molecule has 6 heteroatoms. The van der Waals surface area contributed by atoms with E-state index in [0.29, 0.717) is 50.6 Å². The molecule has 3 aromatic rings. The van der Waals surface area contributed by atoms with Gasteiger partial charge in [-0.3, -0.25) is 0 Å². The first-order valence-electron chi connectivity index (χ1n) is 13.8. The minimum absolute atomic E-state index is 0.226. The molecule has 0 aromatic heterocycles. The van der Waals surface area contributed by atoms with Gasteiger partial charge in [0.25, 0.3) is 0 Å². The van der Waals surface area contributed by atoms with Crippen molar-refractivity contribution in [2.24, 2.45) is 0 Å². The van der Waals surface area contributed by atoms with Crippen molar-refractivity contribution < 1.29 is 23.7 Å². The highest BCUT2D eigenvalue weighted by Crippen LogP contribution is 2.34. The maximum Gasteiger partial charge on any atom is 0.338 e. The average Bonchev–Trinajstić information content (AvgIpc) is 2.96. The average molecular weight is 520 g/mol. The lowest BCUT2D eigenvalue weighted by Gasteiger charge is -2.32. The highest BCUT2D eigenvalue weighted by atomic mass is 16.6. The number of esters is 1. The normalized spacial score (nSPS) is 18.4. The third kappa shape index (κ3) is 8.11. The minimum atomic E-state index is -0.316. The summed E-state index contributed by atoms with van der Waals surface area (Å²) in [6, 6.07) is 23.9. The quantitative estimate of drug-likeness (QED) is 0.207. The zero-order valence-corrected chi connectivity index (χ0v) is 22.7. The molecular formula is C32H41NO5. The van der Waals surface area contributed by atoms with Crippen molar-refractivity contribution in [1.29, 1.82) is 0 Å². The molecule has 1 saturated carbocycles. The maximum absolute atomic E-state index is 12.4. The van der Waals surface area contributed by atoms with Crippen LogP contribution in [0.3, 0.4) is 0 Å². The highest BCUT2D eigenvalue weighted by Gasteiger charge is 2.25. The second-order valence-electron chi connectivity index (χ2n) is 9.99. The van der Waals surface area contributed by atoms with E-state index < -0.39 is 0 Å². The van der Waals surface area contributed by atoms with Crippen LogP contribution in [-0.2, 0) is 18.9 Å². The van der Waals surface area contributed by atoms with E-state index in [1.54, 1.807) is 7.11 Å². The van der Waals surface area contributed by atoms with Crippen molar-refractivity contribution in [2.45, 2.75) is 50.6 Å². The third-order valence-corrected chi connectivity index (χ3v) is 7.33. The summed E-state index contributed by atoms with van der Waals surface area (Å²) < 4.78 is 21.0. The van der Waals surface area contributed by atoms with Gasteiger partial charge in [-0.2, -0.15) is 0 Å². The summed E-state index contributed by atoms with van der Waals surface area (Å²) in [5.74, 6) is 0.175. The van der Waals surface area contributed by atoms with E-state index in [1.165, 1.54) is 41.2 Å². The van der Waals surface area contributed by atoms with Gasteiger partial charge in [-0.1, -0.05) is 61.0 Å². The first-order chi connectivity index (χ1) is 18.7. The Morgan fingerprint density at radius 2 is 1.58 bits per heavy atom. The summed E-state index contributed by atoms with van der Waals surface area (Å²) in [5, 5.41) is 6.52. The number of carbonyl (C=O) groups is 1. The van der Waals surface area contributed by atoms with Crippen molar-refractivity contribution in [3.05, 3.63) is 83.4 Å². The zero-order valence-electron chi connectivity index (χ0n) is 22.7. The van der Waals surface area contributed by atoms with Crippen molar-refractivity contribution in [3.8, 4) is 0 Å². The van der Waals surface area contributed by atoms with Gasteiger partial charge in [0.1, 0.15) is 6.61 Å². The molecule has 0 radical (unpaired) electrons. The Bertz CT molecular complexity index is 1130. The predicted octanol–water partition coefficient (Wildman–Crippen LogP) is 6.05. The molecule has 1 fully saturated rings. The lowest BCUT2D eigenvalue weighted by Crippen LogP contribution is -2.35. The second kappa shape index (κ2) is 15.0. The van der Waals surface area contributed by atoms with Gasteiger partial charge in [0.2, 0.25) is 0 Å². The molecule has 1 aliphatic carbocycles. The Morgan fingerprint density at radius 3 is 2.37 bits per heavy atom. The Labute approximate surface area is 226 Å². The van der Waals surface area contributed by atoms with Gasteiger partial charge in [0.05, 0.1) is 38.6 Å². The summed E-state index contributed by atoms with van der Waals surface area (Å²) in [4.78, 5) is 12.4. The van der Waals surface area contributed by atoms with Crippen LogP contribution in [0.2, 0.25) is 0 Å². The molecule has 0 unspecified atom stereocenters. The van der Waals surface area contributed by atoms with E-state index in [2.05, 4.69) is 66.8 Å². The minimum Gasteiger partial charge on any atom is -0.460 e. The second-order valence-corrected chi connectivity index (χ2v) is 9.99. The van der Waals surface area contributed by atoms with Gasteiger partial charge in [-0.05, 0) is 66.1 Å². The molecule has 0 aliphatic heterocycles. The number of ether oxygens (including phenoxy) is 4. The molecule has 0 saturated heterocycles. The summed E-state index contributed by atoms with van der Waals surface area (Å²) >= 11 is 0. The predicted molar refractivity (Wildman–Crippen MR) is 151 cm³/mol. The lowest BCUT2D eigenvalue weighted by molar-refractivity contribution is 0.00570. The van der Waals surface area contributed by atoms with E-state index >= 15 is 0 Å². The number of nitrogens with one attached hydrogen (secondary N) is 1. The van der Waals surface area contributed by atoms with E-state index in [-0.39, 0.29) is 18.6 Å². The van der Waals surface area contributed by atoms with Gasteiger partial charge in [-0.15, -0.1) is 0 Å². The topological polar surface area (TPSA) is 66.0 Å². The smallest absolute Gasteiger partial charge is 0.338 e. The number of fused-ring (bicyclic) bond motifs is 1. The fraction of sp³-hybridized carbons (Fsp3) is 0.469. The molecule has 204 valence electrons. The van der Waals surface area contributed by atoms with Crippen LogP contribution in [-0.4, -0.2) is 58.8 Å². The van der Waals surface area contributed by atoms with E-state index in [0.717, 1.165) is 6.42 Å². The third-order valence-electron chi connectivity index (χ3n) is 7.33. The van der Waals surface area contributed by atoms with E-state index in [1.807, 2.05) is 12.1 Å². The largest absolute Gasteiger partial charge is 0.460 e. The van der Waals surface area contributed by atoms with Gasteiger partial charge in [0.15, 0.2) is 0 Å². The van der Waals surface area contributed by atoms with Crippen LogP contribution in [0.5, 0.6) is 0 Å². The number of hydrogen-bond donors (Lipinski definition) is 1. The highest BCUT2D eigenvalue weighted by molar-refractivity contribution is 5.89. The van der Waals surface area contributed by atoms with Crippen LogP contribution in [0.25, 0.3) is 10.8 Å². The molecule has 0 amide bonds. The molecular weight excluding hydrogens is 478 g/mol. The van der Waals surface area contributed by atoms with Gasteiger partial charge in [0, 0.05) is 19.2 Å². The van der Waals surface area contributed by atoms with Crippen LogP contribution >= 0.6 is 0 Å². The van der Waals surface area contributed by atoms with Gasteiger partial charge in [-0.25, -0.2) is 4.79 Å². The Morgan fingerprint density at radius 1 is 0.868 bits per heavy atom. The van der Waals surface area contributed by atoms with Crippen LogP contribution in [0.15, 0.2) is 66.7 Å². The summed E-state index contributed by atoms with van der Waals surface area (Å²) in [5.41, 5.74) is 3.23. The first kappa shape index (κ1) is 28.2. The van der Waals surface area contributed by atoms with Crippen LogP contribution < -0.4 is 5.32 Å². The van der Waals surface area contributed by atoms with Crippen molar-refractivity contribution in [1.82, 2.24) is 5.32 Å². The summed E-state index contributed by atoms with van der Waals surface area (Å²) in [6.07, 6.45) is 4.67. The van der Waals surface area contributed by atoms with E-state index in [4.69, 9.17) is 18.9 Å². The van der Waals surface area contributed by atoms with Crippen molar-refractivity contribution in [3.63, 3.8) is 0 Å². The Hall–Kier alpha value is -2.77. The number of carbonyl (C=O) groups excluding carboxylic acids is 1. The van der Waals surface area contributed by atoms with Crippen LogP contribution in [0.1, 0.15) is 66.1 Å². The van der Waals surface area contributed by atoms with Crippen molar-refractivity contribution in [2.75, 3.05) is 46.8 Å². The van der Waals surface area contributed by atoms with E-state index in [9.17, 15) is 4.79 Å². The molecule has 4 rings (SSSR count). The molecule has 3 atom stereocenters.